The Morgan fingerprint density at radius 1 is 1.38 bits per heavy atom. The number of hydrogen-bond donors (Lipinski definition) is 1. The molecule has 13 heavy (non-hydrogen) atoms. The first-order chi connectivity index (χ1) is 6.40. The van der Waals surface area contributed by atoms with Gasteiger partial charge in [0.05, 0.1) is 0 Å². The summed E-state index contributed by atoms with van der Waals surface area (Å²) in [7, 11) is 0. The van der Waals surface area contributed by atoms with Crippen molar-refractivity contribution in [2.45, 2.75) is 38.6 Å². The van der Waals surface area contributed by atoms with Crippen LogP contribution < -0.4 is 5.32 Å². The Hall–Kier alpha value is 0.310. The first-order valence-electron chi connectivity index (χ1n) is 5.71. The molecule has 0 amide bonds. The highest BCUT2D eigenvalue weighted by Crippen LogP contribution is 2.37. The Bertz CT molecular complexity index is 150. The van der Waals surface area contributed by atoms with Gasteiger partial charge in [0.15, 0.2) is 0 Å². The van der Waals surface area contributed by atoms with E-state index in [1.165, 1.54) is 37.2 Å². The van der Waals surface area contributed by atoms with Gasteiger partial charge in [-0.25, -0.2) is 0 Å². The molecule has 2 heteroatoms. The van der Waals surface area contributed by atoms with Gasteiger partial charge in [-0.3, -0.25) is 0 Å². The average Bonchev–Trinajstić information content (AvgIpc) is 2.80. The van der Waals surface area contributed by atoms with Crippen LogP contribution in [0.4, 0.5) is 0 Å². The van der Waals surface area contributed by atoms with Crippen molar-refractivity contribution in [3.8, 4) is 0 Å². The molecule has 1 saturated carbocycles. The summed E-state index contributed by atoms with van der Waals surface area (Å²) in [6, 6.07) is 0.840. The van der Waals surface area contributed by atoms with Crippen LogP contribution in [-0.2, 0) is 0 Å². The molecule has 1 heterocycles. The van der Waals surface area contributed by atoms with Gasteiger partial charge in [0, 0.05) is 6.04 Å². The van der Waals surface area contributed by atoms with Gasteiger partial charge in [-0.1, -0.05) is 19.8 Å². The zero-order valence-corrected chi connectivity index (χ0v) is 9.41. The van der Waals surface area contributed by atoms with Gasteiger partial charge >= 0.3 is 0 Å². The van der Waals surface area contributed by atoms with Crippen molar-refractivity contribution in [1.29, 1.82) is 0 Å². The summed E-state index contributed by atoms with van der Waals surface area (Å²) in [5.74, 6) is 4.86. The Kier molecular flexibility index (Phi) is 3.56. The predicted octanol–water partition coefficient (Wildman–Crippen LogP) is 2.52. The van der Waals surface area contributed by atoms with E-state index in [2.05, 4.69) is 24.0 Å². The van der Waals surface area contributed by atoms with Crippen LogP contribution in [0, 0.1) is 11.8 Å². The molecule has 0 aromatic carbocycles. The van der Waals surface area contributed by atoms with E-state index in [9.17, 15) is 0 Å². The number of rotatable bonds is 5. The monoisotopic (exact) mass is 199 g/mol. The summed E-state index contributed by atoms with van der Waals surface area (Å²) in [6.45, 7) is 3.39. The van der Waals surface area contributed by atoms with Gasteiger partial charge in [0.2, 0.25) is 0 Å². The molecule has 1 nitrogen and oxygen atoms in total. The highest BCUT2D eigenvalue weighted by molar-refractivity contribution is 7.99. The smallest absolute Gasteiger partial charge is 0.0106 e. The predicted molar refractivity (Wildman–Crippen MR) is 60.2 cm³/mol. The van der Waals surface area contributed by atoms with E-state index in [0.29, 0.717) is 0 Å². The number of hydrogen-bond acceptors (Lipinski definition) is 2. The summed E-state index contributed by atoms with van der Waals surface area (Å²) in [5, 5.41) is 3.68. The molecule has 1 aliphatic heterocycles. The fourth-order valence-corrected chi connectivity index (χ4v) is 3.63. The minimum absolute atomic E-state index is 0.840. The van der Waals surface area contributed by atoms with Gasteiger partial charge in [-0.05, 0) is 42.7 Å². The fourth-order valence-electron chi connectivity index (χ4n) is 2.29. The number of thioether (sulfide) groups is 1. The van der Waals surface area contributed by atoms with Crippen molar-refractivity contribution in [3.05, 3.63) is 0 Å². The van der Waals surface area contributed by atoms with Crippen LogP contribution >= 0.6 is 11.8 Å². The Morgan fingerprint density at radius 2 is 2.23 bits per heavy atom. The van der Waals surface area contributed by atoms with Gasteiger partial charge in [0.25, 0.3) is 0 Å². The lowest BCUT2D eigenvalue weighted by molar-refractivity contribution is 0.354. The second-order valence-electron chi connectivity index (χ2n) is 4.47. The average molecular weight is 199 g/mol. The van der Waals surface area contributed by atoms with Crippen LogP contribution in [0.15, 0.2) is 0 Å². The summed E-state index contributed by atoms with van der Waals surface area (Å²) >= 11 is 2.14. The molecule has 1 aliphatic carbocycles. The summed E-state index contributed by atoms with van der Waals surface area (Å²) in [6.07, 6.45) is 5.91. The Labute approximate surface area is 86.0 Å². The zero-order chi connectivity index (χ0) is 9.10. The molecule has 2 rings (SSSR count). The summed E-state index contributed by atoms with van der Waals surface area (Å²) < 4.78 is 0. The van der Waals surface area contributed by atoms with Crippen molar-refractivity contribution in [2.75, 3.05) is 18.1 Å². The normalized spacial score (nSPS) is 30.7. The van der Waals surface area contributed by atoms with E-state index in [4.69, 9.17) is 0 Å². The number of nitrogens with one attached hydrogen (secondary N) is 1. The van der Waals surface area contributed by atoms with Crippen molar-refractivity contribution in [1.82, 2.24) is 5.32 Å². The van der Waals surface area contributed by atoms with Crippen LogP contribution in [0.3, 0.4) is 0 Å². The molecule has 1 N–H and O–H groups in total. The van der Waals surface area contributed by atoms with Crippen LogP contribution in [0.5, 0.6) is 0 Å². The van der Waals surface area contributed by atoms with E-state index < -0.39 is 0 Å². The van der Waals surface area contributed by atoms with Crippen molar-refractivity contribution in [2.24, 2.45) is 11.8 Å². The molecule has 0 bridgehead atoms. The second kappa shape index (κ2) is 4.70. The molecule has 2 unspecified atom stereocenters. The molecule has 0 spiro atoms. The van der Waals surface area contributed by atoms with E-state index in [1.54, 1.807) is 0 Å². The maximum Gasteiger partial charge on any atom is 0.0106 e. The van der Waals surface area contributed by atoms with E-state index in [0.717, 1.165) is 24.4 Å². The highest BCUT2D eigenvalue weighted by atomic mass is 32.2. The maximum absolute atomic E-state index is 3.68. The largest absolute Gasteiger partial charge is 0.314 e. The van der Waals surface area contributed by atoms with Crippen molar-refractivity contribution >= 4 is 11.8 Å². The molecule has 2 atom stereocenters. The molecule has 0 aromatic heterocycles. The lowest BCUT2D eigenvalue weighted by atomic mass is 9.94. The zero-order valence-electron chi connectivity index (χ0n) is 8.59. The van der Waals surface area contributed by atoms with E-state index in [1.807, 2.05) is 0 Å². The lowest BCUT2D eigenvalue weighted by Crippen LogP contribution is -2.36. The van der Waals surface area contributed by atoms with Crippen LogP contribution in [-0.4, -0.2) is 24.1 Å². The van der Waals surface area contributed by atoms with Crippen molar-refractivity contribution in [3.63, 3.8) is 0 Å². The molecule has 1 saturated heterocycles. The summed E-state index contributed by atoms with van der Waals surface area (Å²) in [4.78, 5) is 0. The minimum Gasteiger partial charge on any atom is -0.314 e. The minimum atomic E-state index is 0.840. The van der Waals surface area contributed by atoms with Crippen LogP contribution in [0.2, 0.25) is 0 Å². The standard InChI is InChI=1S/C11H21NS/c1-2-12-11(7-9-3-4-9)10-5-6-13-8-10/h9-12H,2-8H2,1H3. The molecular weight excluding hydrogens is 178 g/mol. The van der Waals surface area contributed by atoms with Gasteiger partial charge in [-0.15, -0.1) is 0 Å². The van der Waals surface area contributed by atoms with Crippen molar-refractivity contribution < 1.29 is 0 Å². The van der Waals surface area contributed by atoms with E-state index >= 15 is 0 Å². The quantitative estimate of drug-likeness (QED) is 0.730. The molecule has 2 aliphatic rings. The molecule has 2 fully saturated rings. The third-order valence-electron chi connectivity index (χ3n) is 3.28. The molecule has 0 radical (unpaired) electrons. The third kappa shape index (κ3) is 2.88. The molecule has 76 valence electrons. The van der Waals surface area contributed by atoms with Gasteiger partial charge in [0.1, 0.15) is 0 Å². The maximum atomic E-state index is 3.68. The second-order valence-corrected chi connectivity index (χ2v) is 5.62. The summed E-state index contributed by atoms with van der Waals surface area (Å²) in [5.41, 5.74) is 0. The first-order valence-corrected chi connectivity index (χ1v) is 6.86. The van der Waals surface area contributed by atoms with E-state index in [-0.39, 0.29) is 0 Å². The molecular formula is C11H21NS. The first kappa shape index (κ1) is 9.85. The third-order valence-corrected chi connectivity index (χ3v) is 4.47. The van der Waals surface area contributed by atoms with Gasteiger partial charge < -0.3 is 5.32 Å². The molecule has 0 aromatic rings. The van der Waals surface area contributed by atoms with Gasteiger partial charge in [-0.2, -0.15) is 11.8 Å². The topological polar surface area (TPSA) is 12.0 Å². The highest BCUT2D eigenvalue weighted by Gasteiger charge is 2.31. The Balaban J connectivity index is 1.79. The fraction of sp³-hybridized carbons (Fsp3) is 1.00. The Morgan fingerprint density at radius 3 is 2.77 bits per heavy atom. The van der Waals surface area contributed by atoms with Crippen LogP contribution in [0.1, 0.15) is 32.6 Å². The van der Waals surface area contributed by atoms with Crippen LogP contribution in [0.25, 0.3) is 0 Å². The SMILES string of the molecule is CCNC(CC1CC1)C1CCSC1. The lowest BCUT2D eigenvalue weighted by Gasteiger charge is -2.23.